The SMILES string of the molecule is COCCCN(CCOC)c1ccc(C(=O)O)c(N)c1. The summed E-state index contributed by atoms with van der Waals surface area (Å²) in [5, 5.41) is 8.98. The molecule has 0 bridgehead atoms. The van der Waals surface area contributed by atoms with Crippen LogP contribution in [-0.4, -0.2) is 51.6 Å². The maximum Gasteiger partial charge on any atom is 0.337 e. The van der Waals surface area contributed by atoms with Crippen molar-refractivity contribution in [3.63, 3.8) is 0 Å². The standard InChI is InChI=1S/C14H22N2O4/c1-19-8-3-6-16(7-9-20-2)11-4-5-12(14(17)18)13(15)10-11/h4-5,10H,3,6-9,15H2,1-2H3,(H,17,18). The number of methoxy groups -OCH3 is 2. The highest BCUT2D eigenvalue weighted by molar-refractivity contribution is 5.94. The van der Waals surface area contributed by atoms with Gasteiger partial charge in [0.1, 0.15) is 0 Å². The van der Waals surface area contributed by atoms with Gasteiger partial charge in [-0.1, -0.05) is 0 Å². The first-order valence-electron chi connectivity index (χ1n) is 6.45. The van der Waals surface area contributed by atoms with Gasteiger partial charge >= 0.3 is 5.97 Å². The summed E-state index contributed by atoms with van der Waals surface area (Å²) in [6.07, 6.45) is 0.876. The molecule has 0 heterocycles. The highest BCUT2D eigenvalue weighted by Gasteiger charge is 2.12. The fraction of sp³-hybridized carbons (Fsp3) is 0.500. The van der Waals surface area contributed by atoms with Crippen LogP contribution in [0.5, 0.6) is 0 Å². The molecule has 0 aromatic heterocycles. The fourth-order valence-electron chi connectivity index (χ4n) is 1.91. The Hall–Kier alpha value is -1.79. The highest BCUT2D eigenvalue weighted by atomic mass is 16.5. The summed E-state index contributed by atoms with van der Waals surface area (Å²) in [6, 6.07) is 4.98. The van der Waals surface area contributed by atoms with E-state index in [9.17, 15) is 4.79 Å². The Bertz CT molecular complexity index is 437. The molecule has 0 atom stereocenters. The van der Waals surface area contributed by atoms with E-state index in [0.29, 0.717) is 19.8 Å². The van der Waals surface area contributed by atoms with Gasteiger partial charge in [0.2, 0.25) is 0 Å². The number of nitrogens with two attached hydrogens (primary N) is 1. The molecule has 0 fully saturated rings. The summed E-state index contributed by atoms with van der Waals surface area (Å²) in [4.78, 5) is 13.1. The molecule has 0 amide bonds. The molecule has 0 radical (unpaired) electrons. The first kappa shape index (κ1) is 16.3. The smallest absolute Gasteiger partial charge is 0.337 e. The zero-order valence-electron chi connectivity index (χ0n) is 12.0. The monoisotopic (exact) mass is 282 g/mol. The van der Waals surface area contributed by atoms with Gasteiger partial charge in [0, 0.05) is 45.3 Å². The van der Waals surface area contributed by atoms with Gasteiger partial charge in [0.15, 0.2) is 0 Å². The van der Waals surface area contributed by atoms with Gasteiger partial charge < -0.3 is 25.2 Å². The average molecular weight is 282 g/mol. The van der Waals surface area contributed by atoms with Crippen LogP contribution in [0, 0.1) is 0 Å². The van der Waals surface area contributed by atoms with Gasteiger partial charge in [-0.05, 0) is 24.6 Å². The average Bonchev–Trinajstić information content (AvgIpc) is 2.42. The Kier molecular flexibility index (Phi) is 6.83. The Balaban J connectivity index is 2.83. The third-order valence-corrected chi connectivity index (χ3v) is 2.97. The molecule has 1 aromatic carbocycles. The van der Waals surface area contributed by atoms with Crippen molar-refractivity contribution >= 4 is 17.3 Å². The van der Waals surface area contributed by atoms with Crippen molar-refractivity contribution < 1.29 is 19.4 Å². The van der Waals surface area contributed by atoms with Crippen LogP contribution in [0.1, 0.15) is 16.8 Å². The van der Waals surface area contributed by atoms with E-state index in [1.165, 1.54) is 6.07 Å². The maximum atomic E-state index is 11.0. The van der Waals surface area contributed by atoms with Gasteiger partial charge in [-0.2, -0.15) is 0 Å². The molecule has 20 heavy (non-hydrogen) atoms. The van der Waals surface area contributed by atoms with E-state index < -0.39 is 5.97 Å². The normalized spacial score (nSPS) is 10.5. The Morgan fingerprint density at radius 2 is 1.95 bits per heavy atom. The second kappa shape index (κ2) is 8.39. The lowest BCUT2D eigenvalue weighted by atomic mass is 10.1. The summed E-state index contributed by atoms with van der Waals surface area (Å²) in [5.74, 6) is -1.02. The summed E-state index contributed by atoms with van der Waals surface area (Å²) in [5.41, 5.74) is 7.06. The Morgan fingerprint density at radius 1 is 1.25 bits per heavy atom. The summed E-state index contributed by atoms with van der Waals surface area (Å²) in [7, 11) is 3.31. The van der Waals surface area contributed by atoms with Gasteiger partial charge in [-0.25, -0.2) is 4.79 Å². The lowest BCUT2D eigenvalue weighted by Gasteiger charge is -2.25. The van der Waals surface area contributed by atoms with Gasteiger partial charge in [-0.15, -0.1) is 0 Å². The molecule has 6 heteroatoms. The van der Waals surface area contributed by atoms with Gasteiger partial charge in [0.05, 0.1) is 12.2 Å². The quantitative estimate of drug-likeness (QED) is 0.527. The number of carboxylic acids is 1. The molecule has 0 aliphatic rings. The molecule has 0 saturated carbocycles. The number of rotatable bonds is 9. The first-order chi connectivity index (χ1) is 9.60. The maximum absolute atomic E-state index is 11.0. The summed E-state index contributed by atoms with van der Waals surface area (Å²) < 4.78 is 10.1. The van der Waals surface area contributed by atoms with Crippen molar-refractivity contribution in [1.82, 2.24) is 0 Å². The van der Waals surface area contributed by atoms with Crippen molar-refractivity contribution in [2.75, 3.05) is 51.2 Å². The van der Waals surface area contributed by atoms with E-state index in [2.05, 4.69) is 4.90 Å². The Labute approximate surface area is 119 Å². The zero-order chi connectivity index (χ0) is 15.0. The van der Waals surface area contributed by atoms with Gasteiger partial charge in [-0.3, -0.25) is 0 Å². The van der Waals surface area contributed by atoms with E-state index in [1.54, 1.807) is 26.4 Å². The zero-order valence-corrected chi connectivity index (χ0v) is 12.0. The van der Waals surface area contributed by atoms with Crippen molar-refractivity contribution in [2.45, 2.75) is 6.42 Å². The molecule has 3 N–H and O–H groups in total. The number of nitrogen functional groups attached to an aromatic ring is 1. The van der Waals surface area contributed by atoms with Crippen LogP contribution in [0.15, 0.2) is 18.2 Å². The minimum Gasteiger partial charge on any atom is -0.478 e. The number of ether oxygens (including phenoxy) is 2. The van der Waals surface area contributed by atoms with Crippen LogP contribution in [0.4, 0.5) is 11.4 Å². The lowest BCUT2D eigenvalue weighted by Crippen LogP contribution is -2.29. The molecule has 1 rings (SSSR count). The molecule has 1 aromatic rings. The van der Waals surface area contributed by atoms with E-state index >= 15 is 0 Å². The third-order valence-electron chi connectivity index (χ3n) is 2.97. The minimum atomic E-state index is -1.02. The van der Waals surface area contributed by atoms with Crippen LogP contribution < -0.4 is 10.6 Å². The second-order valence-corrected chi connectivity index (χ2v) is 4.40. The molecular weight excluding hydrogens is 260 g/mol. The summed E-state index contributed by atoms with van der Waals surface area (Å²) >= 11 is 0. The molecule has 6 nitrogen and oxygen atoms in total. The van der Waals surface area contributed by atoms with Gasteiger partial charge in [0.25, 0.3) is 0 Å². The van der Waals surface area contributed by atoms with Crippen LogP contribution in [-0.2, 0) is 9.47 Å². The number of anilines is 2. The molecule has 0 aliphatic carbocycles. The second-order valence-electron chi connectivity index (χ2n) is 4.40. The van der Waals surface area contributed by atoms with Crippen LogP contribution in [0.25, 0.3) is 0 Å². The van der Waals surface area contributed by atoms with Crippen LogP contribution in [0.2, 0.25) is 0 Å². The van der Waals surface area contributed by atoms with Crippen molar-refractivity contribution in [1.29, 1.82) is 0 Å². The topological polar surface area (TPSA) is 85.0 Å². The molecule has 0 saturated heterocycles. The molecule has 0 spiro atoms. The number of hydrogen-bond donors (Lipinski definition) is 2. The van der Waals surface area contributed by atoms with Crippen molar-refractivity contribution in [2.24, 2.45) is 0 Å². The number of aromatic carboxylic acids is 1. The van der Waals surface area contributed by atoms with Crippen LogP contribution in [0.3, 0.4) is 0 Å². The highest BCUT2D eigenvalue weighted by Crippen LogP contribution is 2.21. The van der Waals surface area contributed by atoms with Crippen LogP contribution >= 0.6 is 0 Å². The molecule has 112 valence electrons. The largest absolute Gasteiger partial charge is 0.478 e. The first-order valence-corrected chi connectivity index (χ1v) is 6.45. The van der Waals surface area contributed by atoms with Crippen molar-refractivity contribution in [3.05, 3.63) is 23.8 Å². The number of nitrogens with zero attached hydrogens (tertiary/aromatic N) is 1. The Morgan fingerprint density at radius 3 is 2.50 bits per heavy atom. The van der Waals surface area contributed by atoms with E-state index in [4.69, 9.17) is 20.3 Å². The number of benzene rings is 1. The number of carboxylic acid groups (broad SMARTS) is 1. The molecule has 0 aliphatic heterocycles. The number of carbonyl (C=O) groups is 1. The predicted molar refractivity (Wildman–Crippen MR) is 78.4 cm³/mol. The minimum absolute atomic E-state index is 0.123. The summed E-state index contributed by atoms with van der Waals surface area (Å²) in [6.45, 7) is 2.77. The van der Waals surface area contributed by atoms with E-state index in [0.717, 1.165) is 18.7 Å². The van der Waals surface area contributed by atoms with E-state index in [1.807, 2.05) is 0 Å². The molecular formula is C14H22N2O4. The third kappa shape index (κ3) is 4.71. The fourth-order valence-corrected chi connectivity index (χ4v) is 1.91. The lowest BCUT2D eigenvalue weighted by molar-refractivity contribution is 0.0698. The van der Waals surface area contributed by atoms with Crippen molar-refractivity contribution in [3.8, 4) is 0 Å². The van der Waals surface area contributed by atoms with E-state index in [-0.39, 0.29) is 11.3 Å². The number of hydrogen-bond acceptors (Lipinski definition) is 5. The predicted octanol–water partition coefficient (Wildman–Crippen LogP) is 1.46. The molecule has 0 unspecified atom stereocenters.